The summed E-state index contributed by atoms with van der Waals surface area (Å²) in [7, 11) is 4.62. The summed E-state index contributed by atoms with van der Waals surface area (Å²) in [5.41, 5.74) is 0.138. The van der Waals surface area contributed by atoms with Gasteiger partial charge in [0.1, 0.15) is 5.82 Å². The fourth-order valence-corrected chi connectivity index (χ4v) is 1.42. The molecule has 0 spiro atoms. The highest BCUT2D eigenvalue weighted by Gasteiger charge is 2.12. The van der Waals surface area contributed by atoms with Crippen molar-refractivity contribution < 1.29 is 14.3 Å². The van der Waals surface area contributed by atoms with Crippen LogP contribution in [0.5, 0.6) is 11.8 Å². The summed E-state index contributed by atoms with van der Waals surface area (Å²) in [4.78, 5) is 20.0. The van der Waals surface area contributed by atoms with Crippen LogP contribution in [-0.2, 0) is 0 Å². The fraction of sp³-hybridized carbons (Fsp3) is 0.250. The predicted octanol–water partition coefficient (Wildman–Crippen LogP) is 0.578. The monoisotopic (exact) mass is 290 g/mol. The first kappa shape index (κ1) is 14.4. The Morgan fingerprint density at radius 3 is 2.24 bits per heavy atom. The number of methoxy groups -OCH3 is 2. The Bertz CT molecular complexity index is 609. The van der Waals surface area contributed by atoms with Crippen molar-refractivity contribution >= 4 is 17.7 Å². The van der Waals surface area contributed by atoms with Crippen molar-refractivity contribution in [2.24, 2.45) is 0 Å². The summed E-state index contributed by atoms with van der Waals surface area (Å²) < 4.78 is 9.99. The topological polar surface area (TPSA) is 111 Å². The lowest BCUT2D eigenvalue weighted by molar-refractivity contribution is 0.102. The summed E-state index contributed by atoms with van der Waals surface area (Å²) in [5, 5.41) is 12.9. The maximum absolute atomic E-state index is 12.0. The zero-order valence-corrected chi connectivity index (χ0v) is 11.7. The SMILES string of the molecule is CNc1ccc(C(=O)Nc2nc(OC)cc(OC)n2)nn1. The van der Waals surface area contributed by atoms with E-state index in [9.17, 15) is 4.79 Å². The van der Waals surface area contributed by atoms with Gasteiger partial charge in [0.15, 0.2) is 5.69 Å². The molecule has 0 atom stereocenters. The van der Waals surface area contributed by atoms with Gasteiger partial charge in [0.05, 0.1) is 20.3 Å². The molecular weight excluding hydrogens is 276 g/mol. The number of hydrogen-bond acceptors (Lipinski definition) is 8. The minimum atomic E-state index is -0.486. The third kappa shape index (κ3) is 3.53. The zero-order valence-electron chi connectivity index (χ0n) is 11.7. The number of aromatic nitrogens is 4. The second-order valence-corrected chi connectivity index (χ2v) is 3.78. The molecular formula is C12H14N6O3. The van der Waals surface area contributed by atoms with Crippen LogP contribution in [-0.4, -0.2) is 47.3 Å². The minimum absolute atomic E-state index is 0.0516. The quantitative estimate of drug-likeness (QED) is 0.822. The smallest absolute Gasteiger partial charge is 0.278 e. The van der Waals surface area contributed by atoms with Crippen LogP contribution in [0.3, 0.4) is 0 Å². The van der Waals surface area contributed by atoms with Gasteiger partial charge in [-0.3, -0.25) is 10.1 Å². The number of carbonyl (C=O) groups is 1. The van der Waals surface area contributed by atoms with E-state index in [1.807, 2.05) is 0 Å². The van der Waals surface area contributed by atoms with Crippen LogP contribution in [0.2, 0.25) is 0 Å². The lowest BCUT2D eigenvalue weighted by atomic mass is 10.3. The molecule has 2 aromatic rings. The molecule has 2 heterocycles. The molecule has 0 aliphatic carbocycles. The molecule has 21 heavy (non-hydrogen) atoms. The number of ether oxygens (including phenoxy) is 2. The highest BCUT2D eigenvalue weighted by atomic mass is 16.5. The van der Waals surface area contributed by atoms with Gasteiger partial charge in [-0.05, 0) is 12.1 Å². The third-order valence-electron chi connectivity index (χ3n) is 2.48. The Morgan fingerprint density at radius 1 is 1.10 bits per heavy atom. The second-order valence-electron chi connectivity index (χ2n) is 3.78. The number of nitrogens with one attached hydrogen (secondary N) is 2. The van der Waals surface area contributed by atoms with E-state index in [1.54, 1.807) is 13.1 Å². The average Bonchev–Trinajstić information content (AvgIpc) is 2.54. The van der Waals surface area contributed by atoms with Crippen molar-refractivity contribution in [3.05, 3.63) is 23.9 Å². The molecule has 110 valence electrons. The van der Waals surface area contributed by atoms with Crippen molar-refractivity contribution in [3.63, 3.8) is 0 Å². The van der Waals surface area contributed by atoms with E-state index in [1.165, 1.54) is 26.4 Å². The zero-order chi connectivity index (χ0) is 15.2. The number of carbonyl (C=O) groups excluding carboxylic acids is 1. The highest BCUT2D eigenvalue weighted by molar-refractivity contribution is 6.01. The van der Waals surface area contributed by atoms with Crippen LogP contribution in [0.4, 0.5) is 11.8 Å². The van der Waals surface area contributed by atoms with Crippen molar-refractivity contribution in [2.75, 3.05) is 31.9 Å². The number of hydrogen-bond donors (Lipinski definition) is 2. The van der Waals surface area contributed by atoms with E-state index in [4.69, 9.17) is 9.47 Å². The lowest BCUT2D eigenvalue weighted by Crippen LogP contribution is -2.17. The molecule has 0 unspecified atom stereocenters. The predicted molar refractivity (Wildman–Crippen MR) is 74.7 cm³/mol. The Labute approximate surface area is 120 Å². The first-order valence-electron chi connectivity index (χ1n) is 5.96. The van der Waals surface area contributed by atoms with Gasteiger partial charge in [-0.2, -0.15) is 9.97 Å². The van der Waals surface area contributed by atoms with E-state index in [0.717, 1.165) is 0 Å². The Balaban J connectivity index is 2.18. The first-order chi connectivity index (χ1) is 10.2. The second kappa shape index (κ2) is 6.46. The molecule has 2 rings (SSSR count). The molecule has 2 N–H and O–H groups in total. The molecule has 0 fully saturated rings. The molecule has 0 saturated heterocycles. The first-order valence-corrected chi connectivity index (χ1v) is 5.96. The van der Waals surface area contributed by atoms with Crippen LogP contribution in [0.25, 0.3) is 0 Å². The van der Waals surface area contributed by atoms with Crippen molar-refractivity contribution in [1.29, 1.82) is 0 Å². The van der Waals surface area contributed by atoms with E-state index in [-0.39, 0.29) is 23.4 Å². The Morgan fingerprint density at radius 2 is 1.76 bits per heavy atom. The van der Waals surface area contributed by atoms with Crippen LogP contribution in [0.15, 0.2) is 18.2 Å². The molecule has 0 aliphatic heterocycles. The van der Waals surface area contributed by atoms with Gasteiger partial charge in [-0.25, -0.2) is 0 Å². The van der Waals surface area contributed by atoms with Crippen molar-refractivity contribution in [3.8, 4) is 11.8 Å². The van der Waals surface area contributed by atoms with Gasteiger partial charge >= 0.3 is 0 Å². The maximum Gasteiger partial charge on any atom is 0.278 e. The normalized spacial score (nSPS) is 9.86. The fourth-order valence-electron chi connectivity index (χ4n) is 1.42. The van der Waals surface area contributed by atoms with Crippen LogP contribution in [0, 0.1) is 0 Å². The molecule has 0 aromatic carbocycles. The average molecular weight is 290 g/mol. The molecule has 0 bridgehead atoms. The maximum atomic E-state index is 12.0. The summed E-state index contributed by atoms with van der Waals surface area (Å²) in [6, 6.07) is 4.66. The minimum Gasteiger partial charge on any atom is -0.481 e. The summed E-state index contributed by atoms with van der Waals surface area (Å²) in [5.74, 6) is 0.671. The highest BCUT2D eigenvalue weighted by Crippen LogP contribution is 2.17. The van der Waals surface area contributed by atoms with Gasteiger partial charge in [-0.1, -0.05) is 0 Å². The van der Waals surface area contributed by atoms with Gasteiger partial charge in [0, 0.05) is 7.05 Å². The van der Waals surface area contributed by atoms with E-state index < -0.39 is 5.91 Å². The van der Waals surface area contributed by atoms with Crippen molar-refractivity contribution in [2.45, 2.75) is 0 Å². The molecule has 1 amide bonds. The lowest BCUT2D eigenvalue weighted by Gasteiger charge is -2.07. The summed E-state index contributed by atoms with van der Waals surface area (Å²) in [6.45, 7) is 0. The van der Waals surface area contributed by atoms with Crippen LogP contribution >= 0.6 is 0 Å². The van der Waals surface area contributed by atoms with E-state index >= 15 is 0 Å². The number of nitrogens with zero attached hydrogens (tertiary/aromatic N) is 4. The standard InChI is InChI=1S/C12H14N6O3/c1-13-8-5-4-7(17-18-8)11(19)16-12-14-9(20-2)6-10(15-12)21-3/h4-6H,1-3H3,(H,13,18)(H,14,15,16,19). The summed E-state index contributed by atoms with van der Waals surface area (Å²) >= 11 is 0. The van der Waals surface area contributed by atoms with E-state index in [0.29, 0.717) is 5.82 Å². The molecule has 9 nitrogen and oxygen atoms in total. The van der Waals surface area contributed by atoms with Gasteiger partial charge in [0.25, 0.3) is 5.91 Å². The van der Waals surface area contributed by atoms with E-state index in [2.05, 4.69) is 30.8 Å². The Kier molecular flexibility index (Phi) is 4.44. The third-order valence-corrected chi connectivity index (χ3v) is 2.48. The largest absolute Gasteiger partial charge is 0.481 e. The van der Waals surface area contributed by atoms with Gasteiger partial charge in [-0.15, -0.1) is 10.2 Å². The van der Waals surface area contributed by atoms with Gasteiger partial charge < -0.3 is 14.8 Å². The Hall–Kier alpha value is -2.97. The molecule has 0 radical (unpaired) electrons. The van der Waals surface area contributed by atoms with Crippen molar-refractivity contribution in [1.82, 2.24) is 20.2 Å². The molecule has 0 aliphatic rings. The number of rotatable bonds is 5. The number of anilines is 2. The summed E-state index contributed by atoms with van der Waals surface area (Å²) in [6.07, 6.45) is 0. The van der Waals surface area contributed by atoms with Crippen LogP contribution < -0.4 is 20.1 Å². The number of amides is 1. The molecule has 0 saturated carbocycles. The molecule has 2 aromatic heterocycles. The molecule has 9 heteroatoms. The van der Waals surface area contributed by atoms with Gasteiger partial charge in [0.2, 0.25) is 17.7 Å². The van der Waals surface area contributed by atoms with Crippen LogP contribution in [0.1, 0.15) is 10.5 Å².